The second-order valence-corrected chi connectivity index (χ2v) is 5.98. The molecule has 84 valence electrons. The molecule has 0 aliphatic rings. The van der Waals surface area contributed by atoms with E-state index in [2.05, 4.69) is 0 Å². The van der Waals surface area contributed by atoms with Crippen LogP contribution in [0.2, 0.25) is 0 Å². The lowest BCUT2D eigenvalue weighted by Gasteiger charge is -2.16. The Balaban J connectivity index is 4.83. The lowest BCUT2D eigenvalue weighted by molar-refractivity contribution is -0.136. The van der Waals surface area contributed by atoms with Crippen molar-refractivity contribution in [1.82, 2.24) is 0 Å². The first-order valence-corrected chi connectivity index (χ1v) is 6.44. The highest BCUT2D eigenvalue weighted by molar-refractivity contribution is 7.93. The molecule has 1 N–H and O–H groups in total. The van der Waals surface area contributed by atoms with Gasteiger partial charge < -0.3 is 5.11 Å². The van der Waals surface area contributed by atoms with Crippen molar-refractivity contribution in [3.63, 3.8) is 0 Å². The van der Waals surface area contributed by atoms with E-state index >= 15 is 0 Å². The third-order valence-corrected chi connectivity index (χ3v) is 4.98. The van der Waals surface area contributed by atoms with Gasteiger partial charge in [0.2, 0.25) is 0 Å². The SMILES string of the molecule is CCCC(C)S(=O)(=O)C(CC)C(=O)O. The first kappa shape index (κ1) is 13.4. The van der Waals surface area contributed by atoms with Crippen molar-refractivity contribution in [2.45, 2.75) is 50.5 Å². The molecule has 0 aromatic heterocycles. The fraction of sp³-hybridized carbons (Fsp3) is 0.889. The van der Waals surface area contributed by atoms with E-state index in [0.29, 0.717) is 6.42 Å². The van der Waals surface area contributed by atoms with E-state index in [1.54, 1.807) is 13.8 Å². The van der Waals surface area contributed by atoms with E-state index in [1.165, 1.54) is 0 Å². The van der Waals surface area contributed by atoms with Gasteiger partial charge in [0.25, 0.3) is 0 Å². The number of carboxylic acid groups (broad SMARTS) is 1. The van der Waals surface area contributed by atoms with E-state index in [0.717, 1.165) is 6.42 Å². The highest BCUT2D eigenvalue weighted by Gasteiger charge is 2.34. The normalized spacial score (nSPS) is 16.2. The molecule has 0 aromatic carbocycles. The predicted molar refractivity (Wildman–Crippen MR) is 55.0 cm³/mol. The Hall–Kier alpha value is -0.580. The van der Waals surface area contributed by atoms with Crippen LogP contribution >= 0.6 is 0 Å². The summed E-state index contributed by atoms with van der Waals surface area (Å²) < 4.78 is 23.4. The van der Waals surface area contributed by atoms with Crippen LogP contribution in [0.25, 0.3) is 0 Å². The van der Waals surface area contributed by atoms with Gasteiger partial charge in [0.05, 0.1) is 5.25 Å². The third-order valence-electron chi connectivity index (χ3n) is 2.30. The fourth-order valence-electron chi connectivity index (χ4n) is 1.40. The van der Waals surface area contributed by atoms with Crippen molar-refractivity contribution in [2.24, 2.45) is 0 Å². The van der Waals surface area contributed by atoms with Gasteiger partial charge in [-0.1, -0.05) is 20.3 Å². The third kappa shape index (κ3) is 2.97. The zero-order valence-corrected chi connectivity index (χ0v) is 9.67. The maximum Gasteiger partial charge on any atom is 0.321 e. The first-order valence-electron chi connectivity index (χ1n) is 4.83. The first-order chi connectivity index (χ1) is 6.37. The van der Waals surface area contributed by atoms with Gasteiger partial charge in [0, 0.05) is 0 Å². The molecule has 0 radical (unpaired) electrons. The zero-order chi connectivity index (χ0) is 11.4. The molecule has 4 nitrogen and oxygen atoms in total. The number of aliphatic carboxylic acids is 1. The second kappa shape index (κ2) is 5.34. The second-order valence-electron chi connectivity index (χ2n) is 3.42. The lowest BCUT2D eigenvalue weighted by Crippen LogP contribution is -2.35. The topological polar surface area (TPSA) is 71.4 Å². The molecule has 0 spiro atoms. The van der Waals surface area contributed by atoms with Gasteiger partial charge in [0.1, 0.15) is 0 Å². The van der Waals surface area contributed by atoms with E-state index in [4.69, 9.17) is 5.11 Å². The lowest BCUT2D eigenvalue weighted by atomic mass is 10.3. The molecule has 5 heteroatoms. The largest absolute Gasteiger partial charge is 0.480 e. The molecule has 2 atom stereocenters. The Morgan fingerprint density at radius 2 is 1.86 bits per heavy atom. The van der Waals surface area contributed by atoms with Gasteiger partial charge in [-0.25, -0.2) is 8.42 Å². The summed E-state index contributed by atoms with van der Waals surface area (Å²) in [7, 11) is -3.51. The molecule has 14 heavy (non-hydrogen) atoms. The number of hydrogen-bond donors (Lipinski definition) is 1. The summed E-state index contributed by atoms with van der Waals surface area (Å²) in [5.74, 6) is -1.24. The number of hydrogen-bond acceptors (Lipinski definition) is 3. The molecule has 0 bridgehead atoms. The molecule has 0 saturated carbocycles. The minimum atomic E-state index is -3.51. The molecule has 0 aromatic rings. The number of carbonyl (C=O) groups is 1. The molecular formula is C9H18O4S. The minimum Gasteiger partial charge on any atom is -0.480 e. The number of rotatable bonds is 6. The Morgan fingerprint density at radius 1 is 1.36 bits per heavy atom. The Labute approximate surface area is 85.2 Å². The van der Waals surface area contributed by atoms with E-state index in [1.807, 2.05) is 6.92 Å². The van der Waals surface area contributed by atoms with Crippen LogP contribution in [0.3, 0.4) is 0 Å². The van der Waals surface area contributed by atoms with Crippen LogP contribution < -0.4 is 0 Å². The Bertz CT molecular complexity index is 281. The zero-order valence-electron chi connectivity index (χ0n) is 8.86. The van der Waals surface area contributed by atoms with Gasteiger partial charge in [-0.05, 0) is 19.8 Å². The molecule has 2 unspecified atom stereocenters. The summed E-state index contributed by atoms with van der Waals surface area (Å²) >= 11 is 0. The highest BCUT2D eigenvalue weighted by atomic mass is 32.2. The average Bonchev–Trinajstić information content (AvgIpc) is 2.04. The van der Waals surface area contributed by atoms with Crippen LogP contribution in [0.1, 0.15) is 40.0 Å². The van der Waals surface area contributed by atoms with E-state index in [-0.39, 0.29) is 6.42 Å². The molecule has 0 heterocycles. The van der Waals surface area contributed by atoms with Crippen molar-refractivity contribution in [3.8, 4) is 0 Å². The molecule has 0 rings (SSSR count). The Morgan fingerprint density at radius 3 is 2.14 bits per heavy atom. The predicted octanol–water partition coefficient (Wildman–Crippen LogP) is 1.45. The highest BCUT2D eigenvalue weighted by Crippen LogP contribution is 2.16. The van der Waals surface area contributed by atoms with Crippen LogP contribution in [-0.2, 0) is 14.6 Å². The van der Waals surface area contributed by atoms with Crippen LogP contribution in [0.5, 0.6) is 0 Å². The van der Waals surface area contributed by atoms with Crippen molar-refractivity contribution in [3.05, 3.63) is 0 Å². The van der Waals surface area contributed by atoms with Gasteiger partial charge in [-0.15, -0.1) is 0 Å². The maximum absolute atomic E-state index is 11.7. The Kier molecular flexibility index (Phi) is 5.12. The van der Waals surface area contributed by atoms with Gasteiger partial charge in [0.15, 0.2) is 15.1 Å². The van der Waals surface area contributed by atoms with Crippen molar-refractivity contribution >= 4 is 15.8 Å². The minimum absolute atomic E-state index is 0.131. The summed E-state index contributed by atoms with van der Waals surface area (Å²) in [6.45, 7) is 5.03. The quantitative estimate of drug-likeness (QED) is 0.738. The van der Waals surface area contributed by atoms with Crippen molar-refractivity contribution < 1.29 is 18.3 Å². The molecule has 0 fully saturated rings. The molecule has 0 amide bonds. The van der Waals surface area contributed by atoms with Gasteiger partial charge >= 0.3 is 5.97 Å². The average molecular weight is 222 g/mol. The monoisotopic (exact) mass is 222 g/mol. The molecular weight excluding hydrogens is 204 g/mol. The maximum atomic E-state index is 11.7. The molecule has 0 aliphatic heterocycles. The summed E-state index contributed by atoms with van der Waals surface area (Å²) in [6.07, 6.45) is 1.40. The fourth-order valence-corrected chi connectivity index (χ4v) is 3.27. The van der Waals surface area contributed by atoms with Crippen molar-refractivity contribution in [2.75, 3.05) is 0 Å². The summed E-state index contributed by atoms with van der Waals surface area (Å²) in [4.78, 5) is 10.7. The van der Waals surface area contributed by atoms with Crippen LogP contribution in [0.15, 0.2) is 0 Å². The van der Waals surface area contributed by atoms with Crippen molar-refractivity contribution in [1.29, 1.82) is 0 Å². The van der Waals surface area contributed by atoms with Crippen LogP contribution in [-0.4, -0.2) is 30.0 Å². The summed E-state index contributed by atoms with van der Waals surface area (Å²) in [5, 5.41) is 6.94. The van der Waals surface area contributed by atoms with Crippen LogP contribution in [0, 0.1) is 0 Å². The van der Waals surface area contributed by atoms with Crippen LogP contribution in [0.4, 0.5) is 0 Å². The summed E-state index contributed by atoms with van der Waals surface area (Å²) in [5.41, 5.74) is 0. The molecule has 0 aliphatic carbocycles. The number of sulfone groups is 1. The number of carboxylic acids is 1. The van der Waals surface area contributed by atoms with E-state index in [9.17, 15) is 13.2 Å². The van der Waals surface area contributed by atoms with Gasteiger partial charge in [-0.2, -0.15) is 0 Å². The smallest absolute Gasteiger partial charge is 0.321 e. The molecule has 0 saturated heterocycles. The standard InChI is InChI=1S/C9H18O4S/c1-4-6-7(3)14(12,13)8(5-2)9(10)11/h7-8H,4-6H2,1-3H3,(H,10,11). The summed E-state index contributed by atoms with van der Waals surface area (Å²) in [6, 6.07) is 0. The van der Waals surface area contributed by atoms with Gasteiger partial charge in [-0.3, -0.25) is 4.79 Å². The van der Waals surface area contributed by atoms with E-state index < -0.39 is 26.3 Å².